The fraction of sp³-hybridized carbons (Fsp3) is 0.971. The Balaban J connectivity index is 5.01. The van der Waals surface area contributed by atoms with Gasteiger partial charge in [-0.3, -0.25) is 4.58 Å². The monoisotopic (exact) mass is 567 g/mol. The zero-order chi connectivity index (χ0) is 29.5. The Morgan fingerprint density at radius 1 is 0.375 bits per heavy atom. The Hall–Kier alpha value is -0.810. The van der Waals surface area contributed by atoms with Crippen LogP contribution in [0.15, 0.2) is 0 Å². The third kappa shape index (κ3) is 26.1. The Morgan fingerprint density at radius 2 is 0.600 bits per heavy atom. The zero-order valence-corrected chi connectivity index (χ0v) is 28.6. The average molecular weight is 567 g/mol. The number of hydrogen-bond acceptors (Lipinski definition) is 2. The number of hydrazine groups is 2. The first-order valence-electron chi connectivity index (χ1n) is 18.2. The number of guanidine groups is 1. The minimum Gasteiger partial charge on any atom is -0.268 e. The molecule has 0 heterocycles. The number of nitrogens with zero attached hydrogens (tertiary/aromatic N) is 3. The van der Waals surface area contributed by atoms with Gasteiger partial charge in [0.2, 0.25) is 0 Å². The molecule has 0 rings (SSSR count). The number of nitrogens with one attached hydrogen (secondary N) is 2. The molecule has 0 aliphatic heterocycles. The summed E-state index contributed by atoms with van der Waals surface area (Å²) >= 11 is 0. The standard InChI is InChI=1S/C35H75N5/c1-7-11-15-19-23-27-31-39(32-28-24-20-16-12-8-2)36-35(38(5)6)37-40(33-29-25-21-17-13-9-3)34-30-26-22-18-14-10-4/h7-34H2,1-6H3,(H,36,37)/p+1. The second kappa shape index (κ2) is 31.1. The molecule has 5 nitrogen and oxygen atoms in total. The van der Waals surface area contributed by atoms with Crippen LogP contribution in [0, 0.1) is 0 Å². The Labute approximate surface area is 253 Å². The molecule has 0 fully saturated rings. The molecule has 0 aromatic carbocycles. The molecule has 0 amide bonds. The molecule has 0 saturated heterocycles. The first kappa shape index (κ1) is 39.2. The summed E-state index contributed by atoms with van der Waals surface area (Å²) in [6.45, 7) is 13.8. The summed E-state index contributed by atoms with van der Waals surface area (Å²) in [6, 6.07) is 0. The van der Waals surface area contributed by atoms with Gasteiger partial charge in [-0.05, 0) is 25.7 Å². The first-order chi connectivity index (χ1) is 19.6. The first-order valence-corrected chi connectivity index (χ1v) is 18.2. The minimum atomic E-state index is 1.13. The molecular formula is C35H76N5+. The summed E-state index contributed by atoms with van der Waals surface area (Å²) in [6.07, 6.45) is 32.5. The van der Waals surface area contributed by atoms with Crippen molar-refractivity contribution < 1.29 is 4.58 Å². The quantitative estimate of drug-likeness (QED) is 0.0298. The van der Waals surface area contributed by atoms with Crippen molar-refractivity contribution in [2.75, 3.05) is 40.3 Å². The smallest absolute Gasteiger partial charge is 0.268 e. The fourth-order valence-corrected chi connectivity index (χ4v) is 5.30. The van der Waals surface area contributed by atoms with Crippen molar-refractivity contribution in [1.29, 1.82) is 0 Å². The number of rotatable bonds is 30. The van der Waals surface area contributed by atoms with Gasteiger partial charge in [-0.25, -0.2) is 10.9 Å². The second-order valence-corrected chi connectivity index (χ2v) is 12.5. The van der Waals surface area contributed by atoms with Crippen LogP contribution in [0.3, 0.4) is 0 Å². The molecule has 0 radical (unpaired) electrons. The van der Waals surface area contributed by atoms with Crippen LogP contribution in [0.5, 0.6) is 0 Å². The zero-order valence-electron chi connectivity index (χ0n) is 28.6. The third-order valence-corrected chi connectivity index (χ3v) is 8.10. The van der Waals surface area contributed by atoms with E-state index in [0.717, 1.165) is 32.1 Å². The Kier molecular flexibility index (Phi) is 30.5. The van der Waals surface area contributed by atoms with Gasteiger partial charge in [0, 0.05) is 26.2 Å². The molecule has 0 atom stereocenters. The fourth-order valence-electron chi connectivity index (χ4n) is 5.30. The number of hydrogen-bond donors (Lipinski definition) is 2. The highest BCUT2D eigenvalue weighted by Gasteiger charge is 2.18. The molecular weight excluding hydrogens is 490 g/mol. The van der Waals surface area contributed by atoms with Gasteiger partial charge in [-0.2, -0.15) is 10.0 Å². The van der Waals surface area contributed by atoms with Crippen molar-refractivity contribution in [3.63, 3.8) is 0 Å². The van der Waals surface area contributed by atoms with Crippen LogP contribution in [-0.2, 0) is 0 Å². The van der Waals surface area contributed by atoms with Crippen LogP contribution in [-0.4, -0.2) is 60.8 Å². The van der Waals surface area contributed by atoms with Crippen LogP contribution in [0.25, 0.3) is 0 Å². The van der Waals surface area contributed by atoms with Crippen molar-refractivity contribution in [2.24, 2.45) is 0 Å². The largest absolute Gasteiger partial charge is 0.380 e. The molecule has 0 aromatic rings. The van der Waals surface area contributed by atoms with E-state index in [2.05, 4.69) is 67.2 Å². The lowest BCUT2D eigenvalue weighted by molar-refractivity contribution is -0.471. The van der Waals surface area contributed by atoms with E-state index < -0.39 is 0 Å². The van der Waals surface area contributed by atoms with Crippen LogP contribution >= 0.6 is 0 Å². The average Bonchev–Trinajstić information content (AvgIpc) is 2.95. The normalized spacial score (nSPS) is 11.5. The summed E-state index contributed by atoms with van der Waals surface area (Å²) in [5.41, 5.74) is 7.70. The van der Waals surface area contributed by atoms with Crippen molar-refractivity contribution in [1.82, 2.24) is 20.9 Å². The van der Waals surface area contributed by atoms with Gasteiger partial charge in [-0.15, -0.1) is 0 Å². The molecule has 0 spiro atoms. The topological polar surface area (TPSA) is 33.5 Å². The SMILES string of the molecule is CCCCCCCCN(CCCCCCCC)NC(NN(CCCCCCCC)CCCCCCCC)=[N+](C)C. The molecule has 5 heteroatoms. The molecule has 240 valence electrons. The van der Waals surface area contributed by atoms with Crippen molar-refractivity contribution in [3.8, 4) is 0 Å². The van der Waals surface area contributed by atoms with E-state index >= 15 is 0 Å². The highest BCUT2D eigenvalue weighted by molar-refractivity contribution is 5.73. The van der Waals surface area contributed by atoms with E-state index in [1.165, 1.54) is 154 Å². The maximum atomic E-state index is 3.85. The number of unbranched alkanes of at least 4 members (excludes halogenated alkanes) is 20. The van der Waals surface area contributed by atoms with Crippen LogP contribution in [0.2, 0.25) is 0 Å². The molecule has 40 heavy (non-hydrogen) atoms. The maximum Gasteiger partial charge on any atom is 0.380 e. The molecule has 0 aromatic heterocycles. The third-order valence-electron chi connectivity index (χ3n) is 8.10. The molecule has 2 N–H and O–H groups in total. The highest BCUT2D eigenvalue weighted by atomic mass is 15.6. The molecule has 0 unspecified atom stereocenters. The van der Waals surface area contributed by atoms with Gasteiger partial charge >= 0.3 is 5.96 Å². The predicted octanol–water partition coefficient (Wildman–Crippen LogP) is 9.67. The van der Waals surface area contributed by atoms with Gasteiger partial charge in [0.15, 0.2) is 0 Å². The van der Waals surface area contributed by atoms with E-state index in [1.807, 2.05) is 0 Å². The highest BCUT2D eigenvalue weighted by Crippen LogP contribution is 2.10. The Morgan fingerprint density at radius 3 is 0.825 bits per heavy atom. The van der Waals surface area contributed by atoms with E-state index in [1.54, 1.807) is 0 Å². The van der Waals surface area contributed by atoms with E-state index in [9.17, 15) is 0 Å². The lowest BCUT2D eigenvalue weighted by Crippen LogP contribution is -2.57. The molecule has 0 bridgehead atoms. The lowest BCUT2D eigenvalue weighted by Gasteiger charge is -2.25. The summed E-state index contributed by atoms with van der Waals surface area (Å²) in [5.74, 6) is 1.13. The summed E-state index contributed by atoms with van der Waals surface area (Å²) < 4.78 is 2.24. The summed E-state index contributed by atoms with van der Waals surface area (Å²) in [7, 11) is 4.35. The predicted molar refractivity (Wildman–Crippen MR) is 180 cm³/mol. The van der Waals surface area contributed by atoms with Gasteiger partial charge in [-0.1, -0.05) is 156 Å². The van der Waals surface area contributed by atoms with E-state index in [0.29, 0.717) is 0 Å². The Bertz CT molecular complexity index is 460. The minimum absolute atomic E-state index is 1.13. The van der Waals surface area contributed by atoms with Gasteiger partial charge in [0.25, 0.3) is 0 Å². The van der Waals surface area contributed by atoms with Crippen LogP contribution < -0.4 is 10.9 Å². The van der Waals surface area contributed by atoms with Gasteiger partial charge in [0.1, 0.15) is 0 Å². The maximum absolute atomic E-state index is 3.85. The molecule has 0 aliphatic carbocycles. The van der Waals surface area contributed by atoms with Crippen molar-refractivity contribution in [2.45, 2.75) is 182 Å². The lowest BCUT2D eigenvalue weighted by atomic mass is 10.1. The van der Waals surface area contributed by atoms with E-state index in [-0.39, 0.29) is 0 Å². The van der Waals surface area contributed by atoms with Crippen molar-refractivity contribution >= 4 is 5.96 Å². The summed E-state index contributed by atoms with van der Waals surface area (Å²) in [5, 5.41) is 5.02. The van der Waals surface area contributed by atoms with Gasteiger partial charge in [0.05, 0.1) is 14.1 Å². The molecule has 0 aliphatic rings. The summed E-state index contributed by atoms with van der Waals surface area (Å²) in [4.78, 5) is 0. The van der Waals surface area contributed by atoms with Gasteiger partial charge < -0.3 is 0 Å². The van der Waals surface area contributed by atoms with Crippen molar-refractivity contribution in [3.05, 3.63) is 0 Å². The van der Waals surface area contributed by atoms with Crippen LogP contribution in [0.1, 0.15) is 182 Å². The molecule has 0 saturated carbocycles. The second-order valence-electron chi connectivity index (χ2n) is 12.5. The van der Waals surface area contributed by atoms with Crippen LogP contribution in [0.4, 0.5) is 0 Å². The van der Waals surface area contributed by atoms with E-state index in [4.69, 9.17) is 0 Å².